The Morgan fingerprint density at radius 3 is 2.78 bits per heavy atom. The van der Waals surface area contributed by atoms with Crippen LogP contribution in [0, 0.1) is 11.6 Å². The number of rotatable bonds is 4. The lowest BCUT2D eigenvalue weighted by Crippen LogP contribution is -2.35. The normalized spacial score (nSPS) is 14.2. The summed E-state index contributed by atoms with van der Waals surface area (Å²) in [6, 6.07) is 6.13. The zero-order valence-electron chi connectivity index (χ0n) is 14.6. The van der Waals surface area contributed by atoms with E-state index < -0.39 is 11.6 Å². The molecule has 140 valence electrons. The summed E-state index contributed by atoms with van der Waals surface area (Å²) in [5.74, 6) is -0.615. The molecule has 1 aliphatic rings. The molecule has 0 saturated carbocycles. The Kier molecular flexibility index (Phi) is 4.75. The number of nitrogens with one attached hydrogen (secondary N) is 1. The molecular weight excluding hydrogens is 372 g/mol. The molecule has 3 heterocycles. The number of aromatic amines is 1. The predicted octanol–water partition coefficient (Wildman–Crippen LogP) is 3.34. The minimum absolute atomic E-state index is 0.0115. The van der Waals surface area contributed by atoms with Gasteiger partial charge in [0.2, 0.25) is 0 Å². The van der Waals surface area contributed by atoms with Gasteiger partial charge in [0.05, 0.1) is 17.7 Å². The van der Waals surface area contributed by atoms with Crippen LogP contribution in [-0.4, -0.2) is 28.5 Å². The smallest absolute Gasteiger partial charge is 0.254 e. The highest BCUT2D eigenvalue weighted by Crippen LogP contribution is 2.25. The van der Waals surface area contributed by atoms with Gasteiger partial charge in [-0.2, -0.15) is 0 Å². The van der Waals surface area contributed by atoms with Crippen molar-refractivity contribution >= 4 is 11.3 Å². The molecule has 27 heavy (non-hydrogen) atoms. The molecule has 1 N–H and O–H groups in total. The minimum Gasteiger partial charge on any atom is -0.497 e. The van der Waals surface area contributed by atoms with Gasteiger partial charge in [0.25, 0.3) is 5.56 Å². The first-order valence-electron chi connectivity index (χ1n) is 8.45. The van der Waals surface area contributed by atoms with Gasteiger partial charge < -0.3 is 9.72 Å². The fraction of sp³-hybridized carbons (Fsp3) is 0.263. The van der Waals surface area contributed by atoms with E-state index in [9.17, 15) is 13.6 Å². The van der Waals surface area contributed by atoms with Crippen molar-refractivity contribution in [3.8, 4) is 16.5 Å². The molecule has 0 atom stereocenters. The lowest BCUT2D eigenvalue weighted by Gasteiger charge is -2.28. The van der Waals surface area contributed by atoms with Gasteiger partial charge in [-0.15, -0.1) is 11.3 Å². The van der Waals surface area contributed by atoms with Gasteiger partial charge in [-0.25, -0.2) is 13.8 Å². The Hall–Kier alpha value is -2.58. The van der Waals surface area contributed by atoms with Crippen LogP contribution >= 0.6 is 11.3 Å². The predicted molar refractivity (Wildman–Crippen MR) is 98.9 cm³/mol. The third kappa shape index (κ3) is 3.50. The van der Waals surface area contributed by atoms with Crippen LogP contribution in [0.25, 0.3) is 10.7 Å². The van der Waals surface area contributed by atoms with E-state index in [4.69, 9.17) is 4.74 Å². The van der Waals surface area contributed by atoms with Crippen molar-refractivity contribution in [3.05, 3.63) is 68.5 Å². The lowest BCUT2D eigenvalue weighted by molar-refractivity contribution is 0.233. The zero-order valence-corrected chi connectivity index (χ0v) is 15.4. The van der Waals surface area contributed by atoms with Gasteiger partial charge >= 0.3 is 0 Å². The van der Waals surface area contributed by atoms with E-state index in [2.05, 4.69) is 9.97 Å². The molecule has 0 radical (unpaired) electrons. The number of hydrogen-bond acceptors (Lipinski definition) is 5. The maximum atomic E-state index is 14.2. The van der Waals surface area contributed by atoms with E-state index in [0.717, 1.165) is 4.88 Å². The summed E-state index contributed by atoms with van der Waals surface area (Å²) in [5.41, 5.74) is 1.14. The quantitative estimate of drug-likeness (QED) is 0.744. The Balaban J connectivity index is 1.61. The molecule has 0 bridgehead atoms. The highest BCUT2D eigenvalue weighted by molar-refractivity contribution is 7.13. The maximum absolute atomic E-state index is 14.2. The first-order valence-corrected chi connectivity index (χ1v) is 9.33. The van der Waals surface area contributed by atoms with Crippen LogP contribution < -0.4 is 10.3 Å². The van der Waals surface area contributed by atoms with E-state index in [1.165, 1.54) is 30.6 Å². The van der Waals surface area contributed by atoms with Gasteiger partial charge in [0.15, 0.2) is 5.82 Å². The maximum Gasteiger partial charge on any atom is 0.254 e. The summed E-state index contributed by atoms with van der Waals surface area (Å²) in [5, 5.41) is 1.91. The number of halogens is 2. The summed E-state index contributed by atoms with van der Waals surface area (Å²) < 4.78 is 33.4. The summed E-state index contributed by atoms with van der Waals surface area (Å²) in [6.07, 6.45) is 0.488. The second kappa shape index (κ2) is 7.21. The standard InChI is InChI=1S/C19H17F2N3O2S/c1-26-11-7-14(20)13(15(21)8-11)9-24-5-4-12-16(10-24)22-18(23-19(12)25)17-3-2-6-27-17/h2-3,6-8H,4-5,9-10H2,1H3,(H,22,23,25). The second-order valence-electron chi connectivity index (χ2n) is 6.35. The van der Waals surface area contributed by atoms with Gasteiger partial charge in [0.1, 0.15) is 17.4 Å². The first kappa shape index (κ1) is 17.8. The monoisotopic (exact) mass is 389 g/mol. The molecule has 0 spiro atoms. The van der Waals surface area contributed by atoms with Crippen molar-refractivity contribution in [1.82, 2.24) is 14.9 Å². The van der Waals surface area contributed by atoms with Crippen LogP contribution in [-0.2, 0) is 19.5 Å². The molecule has 0 amide bonds. The lowest BCUT2D eigenvalue weighted by atomic mass is 10.0. The van der Waals surface area contributed by atoms with Crippen LogP contribution in [0.5, 0.6) is 5.75 Å². The Morgan fingerprint density at radius 1 is 1.33 bits per heavy atom. The molecule has 1 aromatic carbocycles. The molecular formula is C19H17F2N3O2S. The highest BCUT2D eigenvalue weighted by Gasteiger charge is 2.24. The summed E-state index contributed by atoms with van der Waals surface area (Å²) >= 11 is 1.49. The number of aromatic nitrogens is 2. The largest absolute Gasteiger partial charge is 0.497 e. The van der Waals surface area contributed by atoms with Crippen molar-refractivity contribution < 1.29 is 13.5 Å². The SMILES string of the molecule is COc1cc(F)c(CN2CCc3c(nc(-c4cccs4)[nH]c3=O)C2)c(F)c1. The molecule has 1 aliphatic heterocycles. The van der Waals surface area contributed by atoms with E-state index in [-0.39, 0.29) is 23.4 Å². The molecule has 0 aliphatic carbocycles. The Labute approximate surface area is 158 Å². The average molecular weight is 389 g/mol. The third-order valence-corrected chi connectivity index (χ3v) is 5.52. The number of ether oxygens (including phenoxy) is 1. The van der Waals surface area contributed by atoms with Crippen molar-refractivity contribution in [2.24, 2.45) is 0 Å². The van der Waals surface area contributed by atoms with E-state index >= 15 is 0 Å². The minimum atomic E-state index is -0.643. The molecule has 0 unspecified atom stereocenters. The first-order chi connectivity index (χ1) is 13.0. The Bertz CT molecular complexity index is 1010. The third-order valence-electron chi connectivity index (χ3n) is 4.64. The van der Waals surface area contributed by atoms with Crippen molar-refractivity contribution in [2.75, 3.05) is 13.7 Å². The van der Waals surface area contributed by atoms with Crippen LogP contribution in [0.4, 0.5) is 8.78 Å². The molecule has 5 nitrogen and oxygen atoms in total. The highest BCUT2D eigenvalue weighted by atomic mass is 32.1. The number of thiophene rings is 1. The molecule has 8 heteroatoms. The molecule has 4 rings (SSSR count). The molecule has 0 saturated heterocycles. The van der Waals surface area contributed by atoms with Crippen LogP contribution in [0.1, 0.15) is 16.8 Å². The van der Waals surface area contributed by atoms with Gasteiger partial charge in [-0.05, 0) is 17.9 Å². The number of benzene rings is 1. The molecule has 0 fully saturated rings. The summed E-state index contributed by atoms with van der Waals surface area (Å²) in [4.78, 5) is 22.6. The number of hydrogen-bond donors (Lipinski definition) is 1. The van der Waals surface area contributed by atoms with E-state index in [1.807, 2.05) is 22.4 Å². The average Bonchev–Trinajstić information content (AvgIpc) is 3.19. The van der Waals surface area contributed by atoms with Crippen molar-refractivity contribution in [1.29, 1.82) is 0 Å². The van der Waals surface area contributed by atoms with Crippen molar-refractivity contribution in [3.63, 3.8) is 0 Å². The number of H-pyrrole nitrogens is 1. The summed E-state index contributed by atoms with van der Waals surface area (Å²) in [6.45, 7) is 0.994. The second-order valence-corrected chi connectivity index (χ2v) is 7.30. The van der Waals surface area contributed by atoms with Gasteiger partial charge in [-0.3, -0.25) is 9.69 Å². The molecule has 3 aromatic rings. The fourth-order valence-corrected chi connectivity index (χ4v) is 3.90. The summed E-state index contributed by atoms with van der Waals surface area (Å²) in [7, 11) is 1.36. The molecule has 2 aromatic heterocycles. The van der Waals surface area contributed by atoms with Gasteiger partial charge in [-0.1, -0.05) is 6.07 Å². The van der Waals surface area contributed by atoms with Crippen LogP contribution in [0.2, 0.25) is 0 Å². The number of fused-ring (bicyclic) bond motifs is 1. The van der Waals surface area contributed by atoms with Gasteiger partial charge in [0, 0.05) is 42.9 Å². The van der Waals surface area contributed by atoms with Crippen LogP contribution in [0.3, 0.4) is 0 Å². The Morgan fingerprint density at radius 2 is 2.11 bits per heavy atom. The van der Waals surface area contributed by atoms with E-state index in [1.54, 1.807) is 0 Å². The fourth-order valence-electron chi connectivity index (χ4n) is 3.23. The van der Waals surface area contributed by atoms with E-state index in [0.29, 0.717) is 36.6 Å². The van der Waals surface area contributed by atoms with Crippen molar-refractivity contribution in [2.45, 2.75) is 19.5 Å². The van der Waals surface area contributed by atoms with Crippen LogP contribution in [0.15, 0.2) is 34.4 Å². The zero-order chi connectivity index (χ0) is 19.0. The number of methoxy groups -OCH3 is 1. The topological polar surface area (TPSA) is 58.2 Å². The number of nitrogens with zero attached hydrogens (tertiary/aromatic N) is 2.